The minimum Gasteiger partial charge on any atom is -0.494 e. The Hall–Kier alpha value is -1.70. The minimum absolute atomic E-state index is 0.503. The second-order valence-corrected chi connectivity index (χ2v) is 7.42. The number of methoxy groups -OCH3 is 1. The normalized spacial score (nSPS) is 27.0. The molecule has 7 heteroatoms. The predicted octanol–water partition coefficient (Wildman–Crippen LogP) is 3.48. The van der Waals surface area contributed by atoms with Gasteiger partial charge in [-0.3, -0.25) is 0 Å². The lowest BCUT2D eigenvalue weighted by atomic mass is 9.90. The molecule has 2 aromatic carbocycles. The summed E-state index contributed by atoms with van der Waals surface area (Å²) in [5, 5.41) is 20.6. The molecule has 0 unspecified atom stereocenters. The fourth-order valence-corrected chi connectivity index (χ4v) is 3.79. The van der Waals surface area contributed by atoms with Crippen molar-refractivity contribution in [1.82, 2.24) is 0 Å². The van der Waals surface area contributed by atoms with Gasteiger partial charge in [-0.1, -0.05) is 35.9 Å². The molecular formula is C22H26ClFO5. The Balaban J connectivity index is 1.84. The van der Waals surface area contributed by atoms with Gasteiger partial charge in [0.1, 0.15) is 30.2 Å². The zero-order chi connectivity index (χ0) is 21.0. The van der Waals surface area contributed by atoms with Gasteiger partial charge in [-0.2, -0.15) is 0 Å². The van der Waals surface area contributed by atoms with E-state index in [-0.39, 0.29) is 0 Å². The third-order valence-electron chi connectivity index (χ3n) is 5.12. The van der Waals surface area contributed by atoms with Crippen molar-refractivity contribution in [2.24, 2.45) is 0 Å². The van der Waals surface area contributed by atoms with Crippen molar-refractivity contribution in [3.8, 4) is 5.75 Å². The molecule has 3 rings (SSSR count). The van der Waals surface area contributed by atoms with E-state index in [0.717, 1.165) is 16.9 Å². The van der Waals surface area contributed by atoms with Gasteiger partial charge in [0.05, 0.1) is 13.2 Å². The highest BCUT2D eigenvalue weighted by Crippen LogP contribution is 2.36. The highest BCUT2D eigenvalue weighted by Gasteiger charge is 2.46. The lowest BCUT2D eigenvalue weighted by Gasteiger charge is -2.40. The topological polar surface area (TPSA) is 68.2 Å². The van der Waals surface area contributed by atoms with Gasteiger partial charge < -0.3 is 24.4 Å². The first kappa shape index (κ1) is 22.0. The first-order chi connectivity index (χ1) is 14.0. The van der Waals surface area contributed by atoms with Crippen LogP contribution in [0.3, 0.4) is 0 Å². The van der Waals surface area contributed by atoms with E-state index in [9.17, 15) is 14.6 Å². The molecule has 1 aliphatic heterocycles. The molecule has 2 N–H and O–H groups in total. The highest BCUT2D eigenvalue weighted by atomic mass is 35.5. The summed E-state index contributed by atoms with van der Waals surface area (Å²) in [7, 11) is 1.33. The number of ether oxygens (including phenoxy) is 3. The van der Waals surface area contributed by atoms with Crippen molar-refractivity contribution in [2.75, 3.05) is 20.3 Å². The molecule has 0 bridgehead atoms. The van der Waals surface area contributed by atoms with Gasteiger partial charge in [-0.25, -0.2) is 4.39 Å². The third-order valence-corrected chi connectivity index (χ3v) is 5.49. The molecule has 158 valence electrons. The molecule has 1 fully saturated rings. The molecule has 5 atom stereocenters. The predicted molar refractivity (Wildman–Crippen MR) is 108 cm³/mol. The summed E-state index contributed by atoms with van der Waals surface area (Å²) in [6.07, 6.45) is -5.25. The third kappa shape index (κ3) is 4.90. The van der Waals surface area contributed by atoms with Gasteiger partial charge in [-0.15, -0.1) is 0 Å². The molecule has 29 heavy (non-hydrogen) atoms. The number of aliphatic hydroxyl groups excluding tert-OH is 2. The Labute approximate surface area is 175 Å². The summed E-state index contributed by atoms with van der Waals surface area (Å²) in [5.41, 5.74) is 2.54. The van der Waals surface area contributed by atoms with Crippen LogP contribution in [0.1, 0.15) is 29.7 Å². The van der Waals surface area contributed by atoms with Crippen LogP contribution in [0, 0.1) is 0 Å². The Morgan fingerprint density at radius 3 is 2.52 bits per heavy atom. The van der Waals surface area contributed by atoms with Crippen molar-refractivity contribution >= 4 is 11.6 Å². The fraction of sp³-hybridized carbons (Fsp3) is 0.455. The summed E-state index contributed by atoms with van der Waals surface area (Å²) < 4.78 is 30.6. The molecule has 0 saturated carbocycles. The van der Waals surface area contributed by atoms with Gasteiger partial charge in [0.25, 0.3) is 0 Å². The van der Waals surface area contributed by atoms with E-state index in [0.29, 0.717) is 23.6 Å². The van der Waals surface area contributed by atoms with Gasteiger partial charge >= 0.3 is 0 Å². The van der Waals surface area contributed by atoms with E-state index >= 15 is 0 Å². The van der Waals surface area contributed by atoms with Gasteiger partial charge in [-0.05, 0) is 48.2 Å². The minimum atomic E-state index is -1.62. The monoisotopic (exact) mass is 423 g/mol. The smallest absolute Gasteiger partial charge is 0.157 e. The van der Waals surface area contributed by atoms with E-state index in [4.69, 9.17) is 25.8 Å². The Bertz CT molecular complexity index is 800. The highest BCUT2D eigenvalue weighted by molar-refractivity contribution is 6.31. The average molecular weight is 424 g/mol. The van der Waals surface area contributed by atoms with Crippen LogP contribution < -0.4 is 4.74 Å². The second-order valence-electron chi connectivity index (χ2n) is 7.02. The molecule has 0 spiro atoms. The second kappa shape index (κ2) is 9.87. The van der Waals surface area contributed by atoms with Crippen LogP contribution in [-0.2, 0) is 15.9 Å². The number of rotatable bonds is 7. The fourth-order valence-electron chi connectivity index (χ4n) is 3.60. The molecule has 0 aliphatic carbocycles. The summed E-state index contributed by atoms with van der Waals surface area (Å²) in [5.74, 6) is 0.802. The number of aliphatic hydroxyl groups is 2. The molecule has 0 radical (unpaired) electrons. The molecule has 5 nitrogen and oxygen atoms in total. The first-order valence-corrected chi connectivity index (χ1v) is 9.97. The maximum atomic E-state index is 14.4. The van der Waals surface area contributed by atoms with Crippen LogP contribution in [0.4, 0.5) is 4.39 Å². The number of hydrogen-bond acceptors (Lipinski definition) is 5. The van der Waals surface area contributed by atoms with Crippen LogP contribution in [0.15, 0.2) is 42.5 Å². The first-order valence-electron chi connectivity index (χ1n) is 9.59. The molecule has 1 aliphatic rings. The molecule has 2 aromatic rings. The lowest BCUT2D eigenvalue weighted by molar-refractivity contribution is -0.221. The molecule has 0 amide bonds. The van der Waals surface area contributed by atoms with Gasteiger partial charge in [0.15, 0.2) is 6.17 Å². The zero-order valence-electron chi connectivity index (χ0n) is 16.4. The number of halogens is 2. The van der Waals surface area contributed by atoms with Crippen LogP contribution in [0.5, 0.6) is 5.75 Å². The quantitative estimate of drug-likeness (QED) is 0.713. The summed E-state index contributed by atoms with van der Waals surface area (Å²) in [6, 6.07) is 13.0. The van der Waals surface area contributed by atoms with E-state index in [1.807, 2.05) is 37.3 Å². The summed E-state index contributed by atoms with van der Waals surface area (Å²) in [4.78, 5) is 0. The van der Waals surface area contributed by atoms with E-state index in [1.54, 1.807) is 12.1 Å². The Morgan fingerprint density at radius 2 is 1.90 bits per heavy atom. The standard InChI is InChI=1S/C22H26ClFO5/c1-3-28-16-7-4-13(5-8-16)10-15-11-14(6-9-17(15)23)21-20(26)22(27-2)19(24)18(12-25)29-21/h4-9,11,18-22,25-26H,3,10,12H2,1-2H3/t18-,19-,20+,21+,22+/m1/s1/i24-1. The number of benzene rings is 2. The van der Waals surface area contributed by atoms with E-state index in [1.165, 1.54) is 7.11 Å². The Kier molecular flexibility index (Phi) is 7.49. The molecular weight excluding hydrogens is 398 g/mol. The lowest BCUT2D eigenvalue weighted by Crippen LogP contribution is -2.54. The summed E-state index contributed by atoms with van der Waals surface area (Å²) >= 11 is 6.38. The van der Waals surface area contributed by atoms with Crippen molar-refractivity contribution in [1.29, 1.82) is 0 Å². The van der Waals surface area contributed by atoms with Crippen LogP contribution in [0.25, 0.3) is 0 Å². The largest absolute Gasteiger partial charge is 0.494 e. The summed E-state index contributed by atoms with van der Waals surface area (Å²) in [6.45, 7) is 2.03. The maximum absolute atomic E-state index is 14.4. The number of hydrogen-bond donors (Lipinski definition) is 2. The number of alkyl halides is 1. The van der Waals surface area contributed by atoms with Crippen molar-refractivity contribution < 1.29 is 28.8 Å². The Morgan fingerprint density at radius 1 is 1.17 bits per heavy atom. The van der Waals surface area contributed by atoms with E-state index in [2.05, 4.69) is 0 Å². The van der Waals surface area contributed by atoms with Crippen molar-refractivity contribution in [3.63, 3.8) is 0 Å². The van der Waals surface area contributed by atoms with Crippen LogP contribution in [-0.4, -0.2) is 55.0 Å². The SMILES string of the molecule is CCOc1ccc(Cc2cc([C@@H]3O[C@H](CO)[C@@H]([18F])[C@H](OC)[C@H]3O)ccc2Cl)cc1. The molecule has 1 saturated heterocycles. The molecule has 0 aromatic heterocycles. The zero-order valence-corrected chi connectivity index (χ0v) is 17.2. The van der Waals surface area contributed by atoms with Gasteiger partial charge in [0.2, 0.25) is 0 Å². The molecule has 1 heterocycles. The average Bonchev–Trinajstić information content (AvgIpc) is 2.72. The maximum Gasteiger partial charge on any atom is 0.157 e. The van der Waals surface area contributed by atoms with E-state index < -0.39 is 37.2 Å². The van der Waals surface area contributed by atoms with Crippen molar-refractivity contribution in [3.05, 3.63) is 64.2 Å². The van der Waals surface area contributed by atoms with Crippen molar-refractivity contribution in [2.45, 2.75) is 43.9 Å². The van der Waals surface area contributed by atoms with Gasteiger partial charge in [0, 0.05) is 12.1 Å². The van der Waals surface area contributed by atoms with Crippen LogP contribution >= 0.6 is 11.6 Å². The van der Waals surface area contributed by atoms with Crippen LogP contribution in [0.2, 0.25) is 5.02 Å².